The second-order valence-corrected chi connectivity index (χ2v) is 8.59. The number of hydrogen-bond donors (Lipinski definition) is 1. The Morgan fingerprint density at radius 3 is 2.31 bits per heavy atom. The van der Waals surface area contributed by atoms with Crippen molar-refractivity contribution < 1.29 is 14.4 Å². The molecule has 1 aromatic rings. The summed E-state index contributed by atoms with van der Waals surface area (Å²) in [4.78, 5) is 42.5. The van der Waals surface area contributed by atoms with E-state index in [1.807, 2.05) is 33.8 Å². The van der Waals surface area contributed by atoms with Gasteiger partial charge in [0.1, 0.15) is 0 Å². The first-order valence-electron chi connectivity index (χ1n) is 9.16. The molecule has 0 radical (unpaired) electrons. The Bertz CT molecular complexity index is 661. The van der Waals surface area contributed by atoms with E-state index in [4.69, 9.17) is 0 Å². The summed E-state index contributed by atoms with van der Waals surface area (Å²) in [5.41, 5.74) is 0.751. The molecule has 0 aliphatic carbocycles. The lowest BCUT2D eigenvalue weighted by molar-refractivity contribution is -0.133. The standard InChI is InChI=1S/C19H29N3O3S/c1-13(2)20-18(24)12-21-7-9-22(10-8-21)19(25)6-5-17(23)16-11-14(3)26-15(16)4/h11,13H,5-10,12H2,1-4H3,(H,20,24). The molecule has 26 heavy (non-hydrogen) atoms. The summed E-state index contributed by atoms with van der Waals surface area (Å²) in [6.07, 6.45) is 0.508. The van der Waals surface area contributed by atoms with Gasteiger partial charge in [0.15, 0.2) is 5.78 Å². The predicted molar refractivity (Wildman–Crippen MR) is 104 cm³/mol. The van der Waals surface area contributed by atoms with Crippen molar-refractivity contribution in [2.75, 3.05) is 32.7 Å². The molecule has 1 aliphatic heterocycles. The largest absolute Gasteiger partial charge is 0.353 e. The van der Waals surface area contributed by atoms with Gasteiger partial charge in [0.2, 0.25) is 11.8 Å². The molecule has 144 valence electrons. The van der Waals surface area contributed by atoms with E-state index in [9.17, 15) is 14.4 Å². The summed E-state index contributed by atoms with van der Waals surface area (Å²) in [6, 6.07) is 2.05. The Hall–Kier alpha value is -1.73. The second-order valence-electron chi connectivity index (χ2n) is 7.13. The number of Topliss-reactive ketones (excluding diaryl/α,β-unsaturated/α-hetero) is 1. The molecule has 7 heteroatoms. The topological polar surface area (TPSA) is 69.7 Å². The number of carbonyl (C=O) groups is 3. The zero-order chi connectivity index (χ0) is 19.3. The molecular formula is C19H29N3O3S. The number of ketones is 1. The fraction of sp³-hybridized carbons (Fsp3) is 0.632. The van der Waals surface area contributed by atoms with E-state index in [0.717, 1.165) is 15.3 Å². The van der Waals surface area contributed by atoms with Crippen LogP contribution in [0.5, 0.6) is 0 Å². The average Bonchev–Trinajstić information content (AvgIpc) is 2.90. The molecule has 1 fully saturated rings. The third kappa shape index (κ3) is 5.92. The molecule has 1 aliphatic rings. The summed E-state index contributed by atoms with van der Waals surface area (Å²) in [5, 5.41) is 2.88. The number of rotatable bonds is 7. The van der Waals surface area contributed by atoms with E-state index in [0.29, 0.717) is 32.7 Å². The molecule has 1 N–H and O–H groups in total. The second kappa shape index (κ2) is 9.28. The molecule has 0 atom stereocenters. The van der Waals surface area contributed by atoms with Crippen LogP contribution in [0.25, 0.3) is 0 Å². The third-order valence-electron chi connectivity index (χ3n) is 4.45. The Morgan fingerprint density at radius 2 is 1.77 bits per heavy atom. The summed E-state index contributed by atoms with van der Waals surface area (Å²) >= 11 is 1.61. The lowest BCUT2D eigenvalue weighted by Gasteiger charge is -2.34. The molecule has 2 heterocycles. The van der Waals surface area contributed by atoms with Crippen molar-refractivity contribution in [2.24, 2.45) is 0 Å². The van der Waals surface area contributed by atoms with Crippen molar-refractivity contribution in [3.8, 4) is 0 Å². The number of carbonyl (C=O) groups excluding carboxylic acids is 3. The normalized spacial score (nSPS) is 15.3. The van der Waals surface area contributed by atoms with Gasteiger partial charge < -0.3 is 10.2 Å². The van der Waals surface area contributed by atoms with Crippen LogP contribution in [0, 0.1) is 13.8 Å². The zero-order valence-corrected chi connectivity index (χ0v) is 16.9. The molecule has 0 aromatic carbocycles. The first kappa shape index (κ1) is 20.6. The van der Waals surface area contributed by atoms with Gasteiger partial charge in [0.25, 0.3) is 0 Å². The maximum absolute atomic E-state index is 12.4. The van der Waals surface area contributed by atoms with E-state index in [1.54, 1.807) is 16.2 Å². The smallest absolute Gasteiger partial charge is 0.234 e. The molecule has 1 aromatic heterocycles. The van der Waals surface area contributed by atoms with Gasteiger partial charge in [0, 0.05) is 60.4 Å². The van der Waals surface area contributed by atoms with Crippen molar-refractivity contribution in [1.29, 1.82) is 0 Å². The highest BCUT2D eigenvalue weighted by Crippen LogP contribution is 2.22. The van der Waals surface area contributed by atoms with Gasteiger partial charge in [-0.15, -0.1) is 11.3 Å². The monoisotopic (exact) mass is 379 g/mol. The number of hydrogen-bond acceptors (Lipinski definition) is 5. The van der Waals surface area contributed by atoms with Crippen LogP contribution in [-0.2, 0) is 9.59 Å². The van der Waals surface area contributed by atoms with Gasteiger partial charge in [-0.3, -0.25) is 19.3 Å². The first-order valence-corrected chi connectivity index (χ1v) is 9.97. The molecule has 6 nitrogen and oxygen atoms in total. The minimum Gasteiger partial charge on any atom is -0.353 e. The SMILES string of the molecule is Cc1cc(C(=O)CCC(=O)N2CCN(CC(=O)NC(C)C)CC2)c(C)s1. The van der Waals surface area contributed by atoms with E-state index in [2.05, 4.69) is 10.2 Å². The predicted octanol–water partition coefficient (Wildman–Crippen LogP) is 2.00. The first-order chi connectivity index (χ1) is 12.3. The highest BCUT2D eigenvalue weighted by atomic mass is 32.1. The van der Waals surface area contributed by atoms with Crippen molar-refractivity contribution in [1.82, 2.24) is 15.1 Å². The fourth-order valence-corrected chi connectivity index (χ4v) is 4.09. The number of aryl methyl sites for hydroxylation is 2. The van der Waals surface area contributed by atoms with Crippen molar-refractivity contribution in [3.05, 3.63) is 21.4 Å². The molecular weight excluding hydrogens is 350 g/mol. The highest BCUT2D eigenvalue weighted by molar-refractivity contribution is 7.12. The van der Waals surface area contributed by atoms with Crippen LogP contribution in [0.15, 0.2) is 6.07 Å². The van der Waals surface area contributed by atoms with Gasteiger partial charge in [-0.2, -0.15) is 0 Å². The maximum atomic E-state index is 12.4. The van der Waals surface area contributed by atoms with Crippen LogP contribution in [0.4, 0.5) is 0 Å². The van der Waals surface area contributed by atoms with Crippen LogP contribution < -0.4 is 5.32 Å². The van der Waals surface area contributed by atoms with Crippen LogP contribution in [0.1, 0.15) is 46.8 Å². The highest BCUT2D eigenvalue weighted by Gasteiger charge is 2.23. The quantitative estimate of drug-likeness (QED) is 0.736. The van der Waals surface area contributed by atoms with E-state index in [1.165, 1.54) is 0 Å². The van der Waals surface area contributed by atoms with Crippen LogP contribution in [-0.4, -0.2) is 66.2 Å². The minimum absolute atomic E-state index is 0.0202. The summed E-state index contributed by atoms with van der Waals surface area (Å²) in [7, 11) is 0. The van der Waals surface area contributed by atoms with Crippen molar-refractivity contribution in [2.45, 2.75) is 46.6 Å². The van der Waals surface area contributed by atoms with Crippen LogP contribution >= 0.6 is 11.3 Å². The molecule has 0 unspecified atom stereocenters. The Labute approximate surface area is 159 Å². The fourth-order valence-electron chi connectivity index (χ4n) is 3.15. The van der Waals surface area contributed by atoms with Gasteiger partial charge in [-0.1, -0.05) is 0 Å². The number of thiophene rings is 1. The third-order valence-corrected chi connectivity index (χ3v) is 5.42. The summed E-state index contributed by atoms with van der Waals surface area (Å²) < 4.78 is 0. The number of nitrogens with one attached hydrogen (secondary N) is 1. The number of piperazine rings is 1. The molecule has 2 rings (SSSR count). The Kier molecular flexibility index (Phi) is 7.34. The van der Waals surface area contributed by atoms with Gasteiger partial charge >= 0.3 is 0 Å². The number of amides is 2. The van der Waals surface area contributed by atoms with Crippen molar-refractivity contribution in [3.63, 3.8) is 0 Å². The van der Waals surface area contributed by atoms with E-state index >= 15 is 0 Å². The van der Waals surface area contributed by atoms with Gasteiger partial charge in [-0.05, 0) is 33.8 Å². The maximum Gasteiger partial charge on any atom is 0.234 e. The number of nitrogens with zero attached hydrogens (tertiary/aromatic N) is 2. The lowest BCUT2D eigenvalue weighted by Crippen LogP contribution is -2.51. The van der Waals surface area contributed by atoms with Crippen molar-refractivity contribution >= 4 is 28.9 Å². The zero-order valence-electron chi connectivity index (χ0n) is 16.1. The van der Waals surface area contributed by atoms with Gasteiger partial charge in [-0.25, -0.2) is 0 Å². The van der Waals surface area contributed by atoms with Crippen LogP contribution in [0.2, 0.25) is 0 Å². The Morgan fingerprint density at radius 1 is 1.12 bits per heavy atom. The molecule has 0 saturated carbocycles. The van der Waals surface area contributed by atoms with Crippen LogP contribution in [0.3, 0.4) is 0 Å². The molecule has 1 saturated heterocycles. The minimum atomic E-state index is 0.0202. The molecule has 0 bridgehead atoms. The summed E-state index contributed by atoms with van der Waals surface area (Å²) in [6.45, 7) is 10.8. The average molecular weight is 380 g/mol. The molecule has 0 spiro atoms. The van der Waals surface area contributed by atoms with E-state index in [-0.39, 0.29) is 36.5 Å². The summed E-state index contributed by atoms with van der Waals surface area (Å²) in [5.74, 6) is 0.0882. The van der Waals surface area contributed by atoms with Gasteiger partial charge in [0.05, 0.1) is 6.54 Å². The van der Waals surface area contributed by atoms with E-state index < -0.39 is 0 Å². The molecule has 2 amide bonds. The lowest BCUT2D eigenvalue weighted by atomic mass is 10.1. The Balaban J connectivity index is 1.73.